The van der Waals surface area contributed by atoms with Crippen LogP contribution < -0.4 is 10.6 Å². The summed E-state index contributed by atoms with van der Waals surface area (Å²) < 4.78 is 0. The number of amides is 1. The number of pyridine rings is 1. The third kappa shape index (κ3) is 2.43. The second-order valence-electron chi connectivity index (χ2n) is 3.09. The van der Waals surface area contributed by atoms with Crippen molar-refractivity contribution in [3.8, 4) is 0 Å². The van der Waals surface area contributed by atoms with Crippen LogP contribution in [0.15, 0.2) is 24.5 Å². The second-order valence-corrected chi connectivity index (χ2v) is 3.09. The van der Waals surface area contributed by atoms with Crippen molar-refractivity contribution in [2.45, 2.75) is 0 Å². The Hall–Kier alpha value is -1.13. The second kappa shape index (κ2) is 4.93. The van der Waals surface area contributed by atoms with Gasteiger partial charge >= 0.3 is 0 Å². The highest BCUT2D eigenvalue weighted by Crippen LogP contribution is 2.08. The summed E-state index contributed by atoms with van der Waals surface area (Å²) >= 11 is 0. The molecule has 4 nitrogen and oxygen atoms in total. The highest BCUT2D eigenvalue weighted by atomic mass is 35.5. The van der Waals surface area contributed by atoms with E-state index in [4.69, 9.17) is 0 Å². The van der Waals surface area contributed by atoms with Crippen molar-refractivity contribution in [1.82, 2.24) is 10.3 Å². The molecule has 0 aliphatic carbocycles. The molecule has 2 rings (SSSR count). The summed E-state index contributed by atoms with van der Waals surface area (Å²) in [5.41, 5.74) is 0.763. The Kier molecular flexibility index (Phi) is 3.85. The van der Waals surface area contributed by atoms with Crippen molar-refractivity contribution in [1.29, 1.82) is 0 Å². The van der Waals surface area contributed by atoms with Crippen LogP contribution in [-0.2, 0) is 4.79 Å². The van der Waals surface area contributed by atoms with E-state index in [-0.39, 0.29) is 24.2 Å². The summed E-state index contributed by atoms with van der Waals surface area (Å²) in [5.74, 6) is 0.201. The molecule has 0 bridgehead atoms. The summed E-state index contributed by atoms with van der Waals surface area (Å²) in [6.07, 6.45) is 3.32. The number of hydrogen-bond donors (Lipinski definition) is 2. The Morgan fingerprint density at radius 3 is 2.86 bits per heavy atom. The van der Waals surface area contributed by atoms with Crippen LogP contribution in [0.3, 0.4) is 0 Å². The van der Waals surface area contributed by atoms with Crippen LogP contribution in [0.2, 0.25) is 0 Å². The van der Waals surface area contributed by atoms with Crippen LogP contribution in [0.25, 0.3) is 0 Å². The molecule has 1 aliphatic rings. The molecule has 76 valence electrons. The smallest absolute Gasteiger partial charge is 0.230 e. The van der Waals surface area contributed by atoms with Gasteiger partial charge in [-0.25, -0.2) is 0 Å². The lowest BCUT2D eigenvalue weighted by Crippen LogP contribution is -2.48. The first kappa shape index (κ1) is 10.9. The van der Waals surface area contributed by atoms with Crippen LogP contribution in [-0.4, -0.2) is 24.0 Å². The minimum absolute atomic E-state index is 0. The number of nitrogens with one attached hydrogen (secondary N) is 2. The summed E-state index contributed by atoms with van der Waals surface area (Å²) in [7, 11) is 0. The van der Waals surface area contributed by atoms with Crippen molar-refractivity contribution in [3.63, 3.8) is 0 Å². The predicted octanol–water partition coefficient (Wildman–Crippen LogP) is 0.661. The quantitative estimate of drug-likeness (QED) is 0.759. The van der Waals surface area contributed by atoms with Crippen LogP contribution in [0.1, 0.15) is 0 Å². The molecule has 0 radical (unpaired) electrons. The normalized spacial score (nSPS) is 15.1. The van der Waals surface area contributed by atoms with Gasteiger partial charge in [-0.15, -0.1) is 12.4 Å². The van der Waals surface area contributed by atoms with Crippen LogP contribution in [0.5, 0.6) is 0 Å². The molecule has 1 aliphatic heterocycles. The van der Waals surface area contributed by atoms with Crippen molar-refractivity contribution >= 4 is 24.0 Å². The van der Waals surface area contributed by atoms with E-state index in [1.54, 1.807) is 18.5 Å². The van der Waals surface area contributed by atoms with E-state index < -0.39 is 0 Å². The van der Waals surface area contributed by atoms with E-state index in [1.165, 1.54) is 0 Å². The zero-order chi connectivity index (χ0) is 9.10. The predicted molar refractivity (Wildman–Crippen MR) is 56.5 cm³/mol. The fourth-order valence-corrected chi connectivity index (χ4v) is 1.16. The van der Waals surface area contributed by atoms with E-state index >= 15 is 0 Å². The Morgan fingerprint density at radius 1 is 1.57 bits per heavy atom. The fraction of sp³-hybridized carbons (Fsp3) is 0.333. The van der Waals surface area contributed by atoms with Crippen molar-refractivity contribution in [2.24, 2.45) is 5.92 Å². The molecule has 2 heterocycles. The zero-order valence-electron chi connectivity index (χ0n) is 7.56. The Balaban J connectivity index is 0.000000980. The molecule has 1 fully saturated rings. The maximum Gasteiger partial charge on any atom is 0.230 e. The molecular formula is C9H12ClN3O. The minimum atomic E-state index is 0. The molecule has 0 aromatic carbocycles. The number of aromatic nitrogens is 1. The van der Waals surface area contributed by atoms with Gasteiger partial charge in [-0.05, 0) is 12.1 Å². The highest BCUT2D eigenvalue weighted by Gasteiger charge is 2.24. The average molecular weight is 214 g/mol. The van der Waals surface area contributed by atoms with Gasteiger partial charge in [0.2, 0.25) is 5.91 Å². The van der Waals surface area contributed by atoms with Crippen molar-refractivity contribution < 1.29 is 4.79 Å². The maximum atomic E-state index is 11.4. The average Bonchev–Trinajstić information content (AvgIpc) is 2.02. The van der Waals surface area contributed by atoms with Gasteiger partial charge in [0.15, 0.2) is 0 Å². The third-order valence-electron chi connectivity index (χ3n) is 2.08. The molecule has 5 heteroatoms. The maximum absolute atomic E-state index is 11.4. The number of carbonyl (C=O) groups excluding carboxylic acids is 1. The molecule has 1 aromatic rings. The Labute approximate surface area is 88.5 Å². The van der Waals surface area contributed by atoms with Gasteiger partial charge in [0.25, 0.3) is 0 Å². The lowest BCUT2D eigenvalue weighted by molar-refractivity contribution is -0.121. The number of rotatable bonds is 2. The molecular weight excluding hydrogens is 202 g/mol. The van der Waals surface area contributed by atoms with Gasteiger partial charge < -0.3 is 10.6 Å². The molecule has 0 spiro atoms. The molecule has 1 amide bonds. The lowest BCUT2D eigenvalue weighted by atomic mass is 10.0. The van der Waals surface area contributed by atoms with Gasteiger partial charge in [-0.3, -0.25) is 9.78 Å². The first-order valence-electron chi connectivity index (χ1n) is 4.28. The van der Waals surface area contributed by atoms with Crippen LogP contribution >= 0.6 is 12.4 Å². The van der Waals surface area contributed by atoms with Gasteiger partial charge in [-0.1, -0.05) is 0 Å². The van der Waals surface area contributed by atoms with E-state index in [0.29, 0.717) is 0 Å². The molecule has 1 saturated heterocycles. The molecule has 0 atom stereocenters. The highest BCUT2D eigenvalue weighted by molar-refractivity contribution is 5.93. The summed E-state index contributed by atoms with van der Waals surface area (Å²) in [6, 6.07) is 3.63. The lowest BCUT2D eigenvalue weighted by Gasteiger charge is -2.25. The molecule has 14 heavy (non-hydrogen) atoms. The SMILES string of the molecule is Cl.O=C(Nc1cccnc1)C1CNC1. The Morgan fingerprint density at radius 2 is 2.36 bits per heavy atom. The van der Waals surface area contributed by atoms with Crippen LogP contribution in [0.4, 0.5) is 5.69 Å². The van der Waals surface area contributed by atoms with Gasteiger partial charge in [-0.2, -0.15) is 0 Å². The molecule has 2 N–H and O–H groups in total. The summed E-state index contributed by atoms with van der Waals surface area (Å²) in [5, 5.41) is 5.85. The molecule has 0 saturated carbocycles. The Bertz CT molecular complexity index is 300. The standard InChI is InChI=1S/C9H11N3O.ClH/c13-9(7-4-11-5-7)12-8-2-1-3-10-6-8;/h1-3,6-7,11H,4-5H2,(H,12,13);1H. The van der Waals surface area contributed by atoms with Crippen molar-refractivity contribution in [3.05, 3.63) is 24.5 Å². The summed E-state index contributed by atoms with van der Waals surface area (Å²) in [4.78, 5) is 15.3. The monoisotopic (exact) mass is 213 g/mol. The summed E-state index contributed by atoms with van der Waals surface area (Å²) in [6.45, 7) is 1.57. The van der Waals surface area contributed by atoms with E-state index in [2.05, 4.69) is 15.6 Å². The topological polar surface area (TPSA) is 54.0 Å². The van der Waals surface area contributed by atoms with Gasteiger partial charge in [0.1, 0.15) is 0 Å². The van der Waals surface area contributed by atoms with E-state index in [9.17, 15) is 4.79 Å². The number of nitrogens with zero attached hydrogens (tertiary/aromatic N) is 1. The molecule has 1 aromatic heterocycles. The minimum Gasteiger partial charge on any atom is -0.324 e. The van der Waals surface area contributed by atoms with E-state index in [1.807, 2.05) is 6.07 Å². The first-order chi connectivity index (χ1) is 6.36. The van der Waals surface area contributed by atoms with Crippen LogP contribution in [0, 0.1) is 5.92 Å². The van der Waals surface area contributed by atoms with Crippen molar-refractivity contribution in [2.75, 3.05) is 18.4 Å². The number of hydrogen-bond acceptors (Lipinski definition) is 3. The zero-order valence-corrected chi connectivity index (χ0v) is 8.38. The largest absolute Gasteiger partial charge is 0.324 e. The third-order valence-corrected chi connectivity index (χ3v) is 2.08. The number of anilines is 1. The van der Waals surface area contributed by atoms with Gasteiger partial charge in [0, 0.05) is 19.3 Å². The van der Waals surface area contributed by atoms with E-state index in [0.717, 1.165) is 18.8 Å². The number of halogens is 1. The van der Waals surface area contributed by atoms with Gasteiger partial charge in [0.05, 0.1) is 17.8 Å². The fourth-order valence-electron chi connectivity index (χ4n) is 1.16. The number of carbonyl (C=O) groups is 1. The first-order valence-corrected chi connectivity index (χ1v) is 4.28. The molecule has 0 unspecified atom stereocenters.